The lowest BCUT2D eigenvalue weighted by Gasteiger charge is -2.33. The van der Waals surface area contributed by atoms with Gasteiger partial charge >= 0.3 is 6.03 Å². The zero-order chi connectivity index (χ0) is 25.5. The number of amides is 3. The summed E-state index contributed by atoms with van der Waals surface area (Å²) in [4.78, 5) is 28.1. The van der Waals surface area contributed by atoms with Crippen LogP contribution in [0.2, 0.25) is 10.0 Å². The molecule has 3 aromatic carbocycles. The molecule has 4 rings (SSSR count). The molecule has 0 aromatic heterocycles. The fraction of sp³-hybridized carbons (Fsp3) is 0.286. The Morgan fingerprint density at radius 2 is 1.56 bits per heavy atom. The summed E-state index contributed by atoms with van der Waals surface area (Å²) in [6.45, 7) is 4.58. The lowest BCUT2D eigenvalue weighted by atomic mass is 9.97. The first-order valence-electron chi connectivity index (χ1n) is 12.1. The van der Waals surface area contributed by atoms with Crippen LogP contribution >= 0.6 is 23.2 Å². The highest BCUT2D eigenvalue weighted by molar-refractivity contribution is 6.42. The summed E-state index contributed by atoms with van der Waals surface area (Å²) in [5.41, 5.74) is 3.63. The second-order valence-corrected chi connectivity index (χ2v) is 9.92. The van der Waals surface area contributed by atoms with E-state index >= 15 is 0 Å². The minimum Gasteiger partial charge on any atom is -0.371 e. The van der Waals surface area contributed by atoms with Crippen LogP contribution in [-0.2, 0) is 6.42 Å². The van der Waals surface area contributed by atoms with Gasteiger partial charge in [0.1, 0.15) is 0 Å². The Bertz CT molecular complexity index is 1210. The van der Waals surface area contributed by atoms with E-state index in [1.165, 1.54) is 0 Å². The molecule has 0 radical (unpaired) electrons. The molecular formula is C28H30Cl2N4O2. The van der Waals surface area contributed by atoms with E-state index in [1.54, 1.807) is 24.3 Å². The molecule has 0 saturated carbocycles. The van der Waals surface area contributed by atoms with E-state index in [-0.39, 0.29) is 5.91 Å². The first-order chi connectivity index (χ1) is 17.4. The van der Waals surface area contributed by atoms with Gasteiger partial charge in [0.15, 0.2) is 0 Å². The summed E-state index contributed by atoms with van der Waals surface area (Å²) < 4.78 is 0. The van der Waals surface area contributed by atoms with Crippen molar-refractivity contribution in [1.29, 1.82) is 0 Å². The Labute approximate surface area is 222 Å². The van der Waals surface area contributed by atoms with Crippen molar-refractivity contribution in [1.82, 2.24) is 5.32 Å². The van der Waals surface area contributed by atoms with Crippen LogP contribution < -0.4 is 20.9 Å². The van der Waals surface area contributed by atoms with Crippen molar-refractivity contribution in [2.24, 2.45) is 5.92 Å². The minimum atomic E-state index is -0.441. The lowest BCUT2D eigenvalue weighted by molar-refractivity contribution is 0.0954. The monoisotopic (exact) mass is 524 g/mol. The van der Waals surface area contributed by atoms with E-state index in [1.807, 2.05) is 42.5 Å². The summed E-state index contributed by atoms with van der Waals surface area (Å²) in [6.07, 6.45) is 2.91. The van der Waals surface area contributed by atoms with E-state index in [0.717, 1.165) is 43.6 Å². The summed E-state index contributed by atoms with van der Waals surface area (Å²) in [7, 11) is 0. The van der Waals surface area contributed by atoms with Crippen LogP contribution in [0, 0.1) is 5.92 Å². The molecule has 6 nitrogen and oxygen atoms in total. The maximum Gasteiger partial charge on any atom is 0.323 e. The molecule has 0 bridgehead atoms. The SMILES string of the molecule is CC1CCN(c2ccc(NC(=O)Nc3ccc(Cl)c(Cl)c3)cc2C(=O)NCCc2ccccc2)CC1. The predicted molar refractivity (Wildman–Crippen MR) is 149 cm³/mol. The third-order valence-corrected chi connectivity index (χ3v) is 7.08. The molecule has 0 unspecified atom stereocenters. The highest BCUT2D eigenvalue weighted by Crippen LogP contribution is 2.29. The average molecular weight is 525 g/mol. The minimum absolute atomic E-state index is 0.159. The van der Waals surface area contributed by atoms with Crippen LogP contribution in [0.3, 0.4) is 0 Å². The van der Waals surface area contributed by atoms with Gasteiger partial charge in [0.25, 0.3) is 5.91 Å². The van der Waals surface area contributed by atoms with Gasteiger partial charge in [-0.1, -0.05) is 60.5 Å². The van der Waals surface area contributed by atoms with Gasteiger partial charge in [-0.3, -0.25) is 4.79 Å². The number of rotatable bonds is 7. The maximum absolute atomic E-state index is 13.3. The molecule has 1 fully saturated rings. The number of urea groups is 1. The average Bonchev–Trinajstić information content (AvgIpc) is 2.87. The van der Waals surface area contributed by atoms with Crippen molar-refractivity contribution in [3.8, 4) is 0 Å². The molecule has 8 heteroatoms. The van der Waals surface area contributed by atoms with Crippen molar-refractivity contribution >= 4 is 52.2 Å². The van der Waals surface area contributed by atoms with Gasteiger partial charge in [-0.15, -0.1) is 0 Å². The first-order valence-corrected chi connectivity index (χ1v) is 12.9. The topological polar surface area (TPSA) is 73.5 Å². The Hall–Kier alpha value is -3.22. The maximum atomic E-state index is 13.3. The quantitative estimate of drug-likeness (QED) is 0.316. The van der Waals surface area contributed by atoms with E-state index in [0.29, 0.717) is 39.4 Å². The summed E-state index contributed by atoms with van der Waals surface area (Å²) in [6, 6.07) is 19.9. The normalized spacial score (nSPS) is 13.8. The molecule has 188 valence electrons. The first kappa shape index (κ1) is 25.9. The summed E-state index contributed by atoms with van der Waals surface area (Å²) in [5, 5.41) is 9.36. The van der Waals surface area contributed by atoms with Gasteiger partial charge in [0.05, 0.1) is 15.6 Å². The molecule has 1 aliphatic rings. The van der Waals surface area contributed by atoms with Gasteiger partial charge in [-0.2, -0.15) is 0 Å². The molecule has 3 N–H and O–H groups in total. The Morgan fingerprint density at radius 1 is 0.889 bits per heavy atom. The van der Waals surface area contributed by atoms with Crippen LogP contribution in [0.1, 0.15) is 35.7 Å². The smallest absolute Gasteiger partial charge is 0.323 e. The van der Waals surface area contributed by atoms with Gasteiger partial charge in [0.2, 0.25) is 0 Å². The van der Waals surface area contributed by atoms with Crippen LogP contribution in [0.25, 0.3) is 0 Å². The molecule has 0 spiro atoms. The van der Waals surface area contributed by atoms with Crippen molar-refractivity contribution in [3.63, 3.8) is 0 Å². The number of benzene rings is 3. The number of nitrogens with zero attached hydrogens (tertiary/aromatic N) is 1. The van der Waals surface area contributed by atoms with Crippen molar-refractivity contribution in [2.75, 3.05) is 35.2 Å². The number of halogens is 2. The van der Waals surface area contributed by atoms with E-state index in [2.05, 4.69) is 27.8 Å². The fourth-order valence-corrected chi connectivity index (χ4v) is 4.55. The Morgan fingerprint density at radius 3 is 2.25 bits per heavy atom. The van der Waals surface area contributed by atoms with Crippen molar-refractivity contribution in [3.05, 3.63) is 87.9 Å². The van der Waals surface area contributed by atoms with Crippen molar-refractivity contribution < 1.29 is 9.59 Å². The van der Waals surface area contributed by atoms with Crippen LogP contribution in [0.5, 0.6) is 0 Å². The molecule has 3 aromatic rings. The molecule has 3 amide bonds. The van der Waals surface area contributed by atoms with Gasteiger partial charge < -0.3 is 20.9 Å². The zero-order valence-electron chi connectivity index (χ0n) is 20.2. The van der Waals surface area contributed by atoms with Gasteiger partial charge in [-0.25, -0.2) is 4.79 Å². The third-order valence-electron chi connectivity index (χ3n) is 6.34. The second kappa shape index (κ2) is 12.2. The van der Waals surface area contributed by atoms with Crippen LogP contribution in [0.15, 0.2) is 66.7 Å². The van der Waals surface area contributed by atoms with Gasteiger partial charge in [0, 0.05) is 36.7 Å². The Kier molecular flexibility index (Phi) is 8.73. The second-order valence-electron chi connectivity index (χ2n) is 9.10. The number of nitrogens with one attached hydrogen (secondary N) is 3. The fourth-order valence-electron chi connectivity index (χ4n) is 4.25. The predicted octanol–water partition coefficient (Wildman–Crippen LogP) is 6.85. The van der Waals surface area contributed by atoms with Crippen LogP contribution in [0.4, 0.5) is 21.9 Å². The number of anilines is 3. The molecular weight excluding hydrogens is 495 g/mol. The van der Waals surface area contributed by atoms with E-state index in [4.69, 9.17) is 23.2 Å². The van der Waals surface area contributed by atoms with Gasteiger partial charge in [-0.05, 0) is 67.1 Å². The van der Waals surface area contributed by atoms with E-state index in [9.17, 15) is 9.59 Å². The van der Waals surface area contributed by atoms with Crippen LogP contribution in [-0.4, -0.2) is 31.6 Å². The number of piperidine rings is 1. The standard InChI is InChI=1S/C28H30Cl2N4O2/c1-19-12-15-34(16-13-19)26-10-8-21(32-28(36)33-22-7-9-24(29)25(30)18-22)17-23(26)27(35)31-14-11-20-5-3-2-4-6-20/h2-10,17-19H,11-16H2,1H3,(H,31,35)(H2,32,33,36). The number of hydrogen-bond acceptors (Lipinski definition) is 3. The number of carbonyl (C=O) groups excluding carboxylic acids is 2. The van der Waals surface area contributed by atoms with E-state index < -0.39 is 6.03 Å². The molecule has 1 heterocycles. The third kappa shape index (κ3) is 6.93. The highest BCUT2D eigenvalue weighted by Gasteiger charge is 2.22. The molecule has 1 aliphatic heterocycles. The highest BCUT2D eigenvalue weighted by atomic mass is 35.5. The Balaban J connectivity index is 1.48. The molecule has 36 heavy (non-hydrogen) atoms. The molecule has 0 aliphatic carbocycles. The largest absolute Gasteiger partial charge is 0.371 e. The summed E-state index contributed by atoms with van der Waals surface area (Å²) in [5.74, 6) is 0.517. The molecule has 0 atom stereocenters. The number of hydrogen-bond donors (Lipinski definition) is 3. The molecule has 1 saturated heterocycles. The zero-order valence-corrected chi connectivity index (χ0v) is 21.7. The summed E-state index contributed by atoms with van der Waals surface area (Å²) >= 11 is 12.0. The number of carbonyl (C=O) groups is 2. The lowest BCUT2D eigenvalue weighted by Crippen LogP contribution is -2.35. The van der Waals surface area contributed by atoms with Crippen molar-refractivity contribution in [2.45, 2.75) is 26.2 Å².